The van der Waals surface area contributed by atoms with E-state index in [-0.39, 0.29) is 23.2 Å². The number of phenols is 1. The zero-order chi connectivity index (χ0) is 22.0. The molecule has 0 saturated carbocycles. The van der Waals surface area contributed by atoms with Gasteiger partial charge in [-0.2, -0.15) is 5.10 Å². The predicted octanol–water partition coefficient (Wildman–Crippen LogP) is 4.38. The Kier molecular flexibility index (Phi) is 6.15. The van der Waals surface area contributed by atoms with Gasteiger partial charge in [-0.05, 0) is 48.0 Å². The largest absolute Gasteiger partial charge is 0.508 e. The van der Waals surface area contributed by atoms with Gasteiger partial charge < -0.3 is 5.11 Å². The van der Waals surface area contributed by atoms with Crippen LogP contribution in [0.1, 0.15) is 18.0 Å². The molecule has 1 atom stereocenters. The average molecular weight is 477 g/mol. The molecule has 0 bridgehead atoms. The number of hydrazone groups is 1. The van der Waals surface area contributed by atoms with Crippen LogP contribution in [0.5, 0.6) is 5.75 Å². The van der Waals surface area contributed by atoms with Crippen molar-refractivity contribution in [1.82, 2.24) is 9.71 Å². The Morgan fingerprint density at radius 1 is 1.13 bits per heavy atom. The smallest absolute Gasteiger partial charge is 0.242 e. The number of hydrogen-bond acceptors (Lipinski definition) is 6. The Hall–Kier alpha value is -2.65. The number of nitrogens with one attached hydrogen (secondary N) is 1. The first-order chi connectivity index (χ1) is 14.8. The first-order valence-corrected chi connectivity index (χ1v) is 11.6. The van der Waals surface area contributed by atoms with Crippen molar-refractivity contribution in [3.8, 4) is 5.75 Å². The summed E-state index contributed by atoms with van der Waals surface area (Å²) in [5.41, 5.74) is 2.18. The number of anilines is 1. The normalized spacial score (nSPS) is 16.4. The highest BCUT2D eigenvalue weighted by molar-refractivity contribution is 7.89. The molecule has 0 radical (unpaired) electrons. The van der Waals surface area contributed by atoms with Gasteiger partial charge in [-0.1, -0.05) is 35.3 Å². The van der Waals surface area contributed by atoms with E-state index < -0.39 is 10.0 Å². The van der Waals surface area contributed by atoms with E-state index in [4.69, 9.17) is 23.2 Å². The first kappa shape index (κ1) is 21.6. The van der Waals surface area contributed by atoms with E-state index in [1.165, 1.54) is 18.5 Å². The van der Waals surface area contributed by atoms with Crippen molar-refractivity contribution in [2.45, 2.75) is 17.4 Å². The van der Waals surface area contributed by atoms with E-state index in [0.717, 1.165) is 5.56 Å². The average Bonchev–Trinajstić information content (AvgIpc) is 3.17. The van der Waals surface area contributed by atoms with E-state index in [9.17, 15) is 13.5 Å². The van der Waals surface area contributed by atoms with Gasteiger partial charge in [0.2, 0.25) is 10.0 Å². The molecule has 0 fully saturated rings. The summed E-state index contributed by atoms with van der Waals surface area (Å²) in [6, 6.07) is 14.7. The highest BCUT2D eigenvalue weighted by Crippen LogP contribution is 2.39. The topological polar surface area (TPSA) is 94.9 Å². The summed E-state index contributed by atoms with van der Waals surface area (Å²) in [6.07, 6.45) is 3.27. The molecule has 31 heavy (non-hydrogen) atoms. The number of hydrogen-bond donors (Lipinski definition) is 2. The van der Waals surface area contributed by atoms with Crippen LogP contribution in [0.25, 0.3) is 0 Å². The van der Waals surface area contributed by atoms with E-state index >= 15 is 0 Å². The molecule has 1 aromatic heterocycles. The molecule has 1 aliphatic heterocycles. The molecule has 2 heterocycles. The van der Waals surface area contributed by atoms with Crippen LogP contribution in [0.2, 0.25) is 10.0 Å². The molecular formula is C21H18Cl2N4O3S. The van der Waals surface area contributed by atoms with E-state index in [0.29, 0.717) is 27.9 Å². The molecule has 4 rings (SSSR count). The molecule has 0 amide bonds. The molecule has 2 N–H and O–H groups in total. The van der Waals surface area contributed by atoms with Gasteiger partial charge in [0.25, 0.3) is 0 Å². The third kappa shape index (κ3) is 4.83. The fourth-order valence-corrected chi connectivity index (χ4v) is 4.77. The molecule has 7 nitrogen and oxygen atoms in total. The lowest BCUT2D eigenvalue weighted by Gasteiger charge is -2.25. The number of nitrogens with zero attached hydrogens (tertiary/aromatic N) is 3. The molecule has 0 saturated heterocycles. The minimum atomic E-state index is -3.72. The Balaban J connectivity index is 1.62. The van der Waals surface area contributed by atoms with Gasteiger partial charge in [0.1, 0.15) is 10.6 Å². The third-order valence-corrected chi connectivity index (χ3v) is 6.74. The summed E-state index contributed by atoms with van der Waals surface area (Å²) in [4.78, 5) is 3.94. The van der Waals surface area contributed by atoms with Crippen LogP contribution in [-0.2, 0) is 10.0 Å². The molecule has 1 aliphatic rings. The van der Waals surface area contributed by atoms with Gasteiger partial charge in [-0.15, -0.1) is 0 Å². The Labute approximate surface area is 190 Å². The van der Waals surface area contributed by atoms with E-state index in [1.807, 2.05) is 0 Å². The SMILES string of the molecule is O=S(=O)(NCC1=NN(c2ccc(Cl)cc2Cl)C(c2ccc(O)cc2)C1)c1cccnc1. The second-order valence-corrected chi connectivity index (χ2v) is 9.54. The number of phenolic OH excluding ortho intramolecular Hbond substituents is 1. The van der Waals surface area contributed by atoms with Gasteiger partial charge >= 0.3 is 0 Å². The standard InChI is InChI=1S/C21H18Cl2N4O3S/c22-15-5-8-20(19(23)10-15)27-21(14-3-6-17(28)7-4-14)11-16(26-27)12-25-31(29,30)18-2-1-9-24-13-18/h1-10,13,21,25,28H,11-12H2. The van der Waals surface area contributed by atoms with Crippen LogP contribution >= 0.6 is 23.2 Å². The summed E-state index contributed by atoms with van der Waals surface area (Å²) in [7, 11) is -3.72. The van der Waals surface area contributed by atoms with Crippen molar-refractivity contribution in [2.24, 2.45) is 5.10 Å². The maximum Gasteiger partial charge on any atom is 0.242 e. The van der Waals surface area contributed by atoms with Crippen molar-refractivity contribution in [3.63, 3.8) is 0 Å². The summed E-state index contributed by atoms with van der Waals surface area (Å²) in [5.74, 6) is 0.156. The summed E-state index contributed by atoms with van der Waals surface area (Å²) >= 11 is 12.4. The minimum Gasteiger partial charge on any atom is -0.508 e. The molecule has 160 valence electrons. The quantitative estimate of drug-likeness (QED) is 0.550. The van der Waals surface area contributed by atoms with Crippen molar-refractivity contribution in [2.75, 3.05) is 11.6 Å². The number of halogens is 2. The summed E-state index contributed by atoms with van der Waals surface area (Å²) < 4.78 is 27.7. The summed E-state index contributed by atoms with van der Waals surface area (Å²) in [5, 5.41) is 17.0. The van der Waals surface area contributed by atoms with Crippen molar-refractivity contribution in [1.29, 1.82) is 0 Å². The second kappa shape index (κ2) is 8.84. The highest BCUT2D eigenvalue weighted by Gasteiger charge is 2.31. The molecule has 2 aromatic carbocycles. The lowest BCUT2D eigenvalue weighted by Crippen LogP contribution is -2.29. The molecule has 10 heteroatoms. The van der Waals surface area contributed by atoms with Crippen LogP contribution in [0.15, 0.2) is 77.0 Å². The maximum atomic E-state index is 12.5. The Bertz CT molecular complexity index is 1220. The predicted molar refractivity (Wildman–Crippen MR) is 121 cm³/mol. The molecule has 3 aromatic rings. The molecule has 0 spiro atoms. The van der Waals surface area contributed by atoms with Gasteiger partial charge in [0, 0.05) is 23.8 Å². The van der Waals surface area contributed by atoms with Crippen LogP contribution in [0, 0.1) is 0 Å². The second-order valence-electron chi connectivity index (χ2n) is 6.93. The number of benzene rings is 2. The van der Waals surface area contributed by atoms with Crippen molar-refractivity contribution >= 4 is 44.6 Å². The molecule has 1 unspecified atom stereocenters. The number of aromatic hydroxyl groups is 1. The zero-order valence-electron chi connectivity index (χ0n) is 16.1. The van der Waals surface area contributed by atoms with Gasteiger partial charge in [-0.25, -0.2) is 13.1 Å². The lowest BCUT2D eigenvalue weighted by molar-refractivity contribution is 0.475. The Morgan fingerprint density at radius 3 is 2.58 bits per heavy atom. The van der Waals surface area contributed by atoms with Gasteiger partial charge in [-0.3, -0.25) is 9.99 Å². The fraction of sp³-hybridized carbons (Fsp3) is 0.143. The number of aromatic nitrogens is 1. The van der Waals surface area contributed by atoms with Crippen molar-refractivity contribution in [3.05, 3.63) is 82.6 Å². The van der Waals surface area contributed by atoms with E-state index in [1.54, 1.807) is 53.5 Å². The van der Waals surface area contributed by atoms with Crippen LogP contribution in [0.4, 0.5) is 5.69 Å². The fourth-order valence-electron chi connectivity index (χ4n) is 3.29. The minimum absolute atomic E-state index is 0.0352. The molecule has 0 aliphatic carbocycles. The van der Waals surface area contributed by atoms with Gasteiger partial charge in [0.05, 0.1) is 29.0 Å². The summed E-state index contributed by atoms with van der Waals surface area (Å²) in [6.45, 7) is 0.0352. The monoisotopic (exact) mass is 476 g/mol. The number of rotatable bonds is 6. The number of pyridine rings is 1. The van der Waals surface area contributed by atoms with E-state index in [2.05, 4.69) is 14.8 Å². The molecular weight excluding hydrogens is 459 g/mol. The number of sulfonamides is 1. The van der Waals surface area contributed by atoms with Crippen molar-refractivity contribution < 1.29 is 13.5 Å². The van der Waals surface area contributed by atoms with Gasteiger partial charge in [0.15, 0.2) is 0 Å². The van der Waals surface area contributed by atoms with Crippen LogP contribution in [-0.4, -0.2) is 30.8 Å². The maximum absolute atomic E-state index is 12.5. The van der Waals surface area contributed by atoms with Crippen LogP contribution in [0.3, 0.4) is 0 Å². The lowest BCUT2D eigenvalue weighted by atomic mass is 10.0. The Morgan fingerprint density at radius 2 is 1.90 bits per heavy atom. The van der Waals surface area contributed by atoms with Crippen LogP contribution < -0.4 is 9.73 Å². The zero-order valence-corrected chi connectivity index (χ0v) is 18.4. The highest BCUT2D eigenvalue weighted by atomic mass is 35.5. The first-order valence-electron chi connectivity index (χ1n) is 9.33. The third-order valence-electron chi connectivity index (χ3n) is 4.82.